The van der Waals surface area contributed by atoms with E-state index in [1.807, 2.05) is 0 Å². The summed E-state index contributed by atoms with van der Waals surface area (Å²) in [5, 5.41) is 29.1. The minimum Gasteiger partial charge on any atom is -0.388 e. The summed E-state index contributed by atoms with van der Waals surface area (Å²) in [5.74, 6) is 0.102. The summed E-state index contributed by atoms with van der Waals surface area (Å²) in [6.07, 6.45) is -3.43. The molecule has 2 aromatic heterocycles. The van der Waals surface area contributed by atoms with Gasteiger partial charge in [-0.15, -0.1) is 0 Å². The normalized spacial score (nSPS) is 30.8. The summed E-state index contributed by atoms with van der Waals surface area (Å²) in [6.45, 7) is -0.128. The van der Waals surface area contributed by atoms with Crippen LogP contribution in [0, 0.1) is 0 Å². The van der Waals surface area contributed by atoms with E-state index in [9.17, 15) is 15.3 Å². The van der Waals surface area contributed by atoms with Crippen molar-refractivity contribution >= 4 is 28.6 Å². The number of nitrogens with two attached hydrogens (primary N) is 1. The van der Waals surface area contributed by atoms with Crippen molar-refractivity contribution in [1.82, 2.24) is 19.5 Å². The number of hydrogen-bond donors (Lipinski definition) is 4. The summed E-state index contributed by atoms with van der Waals surface area (Å²) in [6, 6.07) is 0. The molecular weight excluding hydrogens is 290 g/mol. The molecule has 1 saturated heterocycles. The standard InChI is InChI=1S/C10H12ClN5O4/c11-10-14-7(12)4-8(15-10)16(2-13-4)9-6(19)5(18)3(17)1-20-9/h2-3,5-6,9,17-19H,1H2,(H2,12,14,15)/t3-,5-,6+,9+/m1/s1. The van der Waals surface area contributed by atoms with Gasteiger partial charge in [0, 0.05) is 0 Å². The van der Waals surface area contributed by atoms with Crippen molar-refractivity contribution in [3.63, 3.8) is 0 Å². The van der Waals surface area contributed by atoms with Crippen molar-refractivity contribution in [2.24, 2.45) is 0 Å². The molecule has 4 atom stereocenters. The summed E-state index contributed by atoms with van der Waals surface area (Å²) in [7, 11) is 0. The van der Waals surface area contributed by atoms with E-state index in [-0.39, 0.29) is 23.4 Å². The summed E-state index contributed by atoms with van der Waals surface area (Å²) < 4.78 is 6.71. The molecule has 3 rings (SSSR count). The van der Waals surface area contributed by atoms with Gasteiger partial charge in [0.1, 0.15) is 23.8 Å². The monoisotopic (exact) mass is 301 g/mol. The van der Waals surface area contributed by atoms with Crippen molar-refractivity contribution in [1.29, 1.82) is 0 Å². The molecule has 0 unspecified atom stereocenters. The molecule has 5 N–H and O–H groups in total. The molecule has 0 radical (unpaired) electrons. The van der Waals surface area contributed by atoms with E-state index in [1.165, 1.54) is 10.9 Å². The van der Waals surface area contributed by atoms with Crippen LogP contribution in [-0.2, 0) is 4.74 Å². The molecular formula is C10H12ClN5O4. The number of aliphatic hydroxyl groups is 3. The smallest absolute Gasteiger partial charge is 0.226 e. The zero-order valence-corrected chi connectivity index (χ0v) is 10.8. The lowest BCUT2D eigenvalue weighted by Gasteiger charge is -2.35. The lowest BCUT2D eigenvalue weighted by Crippen LogP contribution is -2.50. The van der Waals surface area contributed by atoms with Crippen molar-refractivity contribution in [3.05, 3.63) is 11.6 Å². The molecule has 0 aliphatic carbocycles. The molecule has 3 heterocycles. The van der Waals surface area contributed by atoms with Gasteiger partial charge >= 0.3 is 0 Å². The van der Waals surface area contributed by atoms with E-state index < -0.39 is 24.5 Å². The van der Waals surface area contributed by atoms with E-state index in [0.29, 0.717) is 5.52 Å². The molecule has 9 nitrogen and oxygen atoms in total. The fourth-order valence-corrected chi connectivity index (χ4v) is 2.30. The van der Waals surface area contributed by atoms with Gasteiger partial charge in [0.15, 0.2) is 17.7 Å². The Balaban J connectivity index is 2.06. The predicted molar refractivity (Wildman–Crippen MR) is 67.8 cm³/mol. The number of anilines is 1. The first-order chi connectivity index (χ1) is 9.49. The summed E-state index contributed by atoms with van der Waals surface area (Å²) in [5.41, 5.74) is 6.26. The predicted octanol–water partition coefficient (Wildman–Crippen LogP) is -1.33. The minimum atomic E-state index is -1.34. The number of imidazole rings is 1. The average molecular weight is 302 g/mol. The second kappa shape index (κ2) is 4.79. The molecule has 0 aromatic carbocycles. The fraction of sp³-hybridized carbons (Fsp3) is 0.500. The van der Waals surface area contributed by atoms with E-state index in [1.54, 1.807) is 0 Å². The number of halogens is 1. The maximum absolute atomic E-state index is 9.99. The van der Waals surface area contributed by atoms with Gasteiger partial charge in [-0.05, 0) is 11.6 Å². The number of hydrogen-bond acceptors (Lipinski definition) is 8. The van der Waals surface area contributed by atoms with Gasteiger partial charge in [0.05, 0.1) is 12.9 Å². The third-order valence-corrected chi connectivity index (χ3v) is 3.34. The lowest BCUT2D eigenvalue weighted by atomic mass is 10.0. The summed E-state index contributed by atoms with van der Waals surface area (Å²) >= 11 is 5.74. The number of fused-ring (bicyclic) bond motifs is 1. The highest BCUT2D eigenvalue weighted by atomic mass is 35.5. The van der Waals surface area contributed by atoms with Gasteiger partial charge in [0.25, 0.3) is 0 Å². The van der Waals surface area contributed by atoms with Crippen molar-refractivity contribution < 1.29 is 20.1 Å². The highest BCUT2D eigenvalue weighted by Gasteiger charge is 2.39. The third kappa shape index (κ3) is 2.00. The largest absolute Gasteiger partial charge is 0.388 e. The molecule has 10 heteroatoms. The van der Waals surface area contributed by atoms with Crippen molar-refractivity contribution in [3.8, 4) is 0 Å². The molecule has 0 saturated carbocycles. The van der Waals surface area contributed by atoms with Crippen LogP contribution in [-0.4, -0.2) is 59.8 Å². The van der Waals surface area contributed by atoms with Crippen LogP contribution in [0.4, 0.5) is 5.82 Å². The number of rotatable bonds is 1. The first kappa shape index (κ1) is 13.5. The molecule has 0 amide bonds. The van der Waals surface area contributed by atoms with E-state index >= 15 is 0 Å². The second-order valence-electron chi connectivity index (χ2n) is 4.47. The number of ether oxygens (including phenoxy) is 1. The second-order valence-corrected chi connectivity index (χ2v) is 4.81. The highest BCUT2D eigenvalue weighted by Crippen LogP contribution is 2.28. The van der Waals surface area contributed by atoms with Crippen molar-refractivity contribution in [2.45, 2.75) is 24.5 Å². The Morgan fingerprint density at radius 2 is 2.05 bits per heavy atom. The van der Waals surface area contributed by atoms with E-state index in [4.69, 9.17) is 22.1 Å². The zero-order chi connectivity index (χ0) is 14.4. The van der Waals surface area contributed by atoms with Gasteiger partial charge in [0.2, 0.25) is 5.28 Å². The van der Waals surface area contributed by atoms with Gasteiger partial charge in [-0.2, -0.15) is 9.97 Å². The quantitative estimate of drug-likeness (QED) is 0.475. The molecule has 1 aliphatic heterocycles. The molecule has 1 fully saturated rings. The highest BCUT2D eigenvalue weighted by molar-refractivity contribution is 6.28. The van der Waals surface area contributed by atoms with E-state index in [0.717, 1.165) is 0 Å². The Hall–Kier alpha value is -1.52. The molecule has 1 aliphatic rings. The first-order valence-corrected chi connectivity index (χ1v) is 6.18. The molecule has 0 spiro atoms. The Kier molecular flexibility index (Phi) is 3.22. The van der Waals surface area contributed by atoms with Crippen LogP contribution < -0.4 is 5.73 Å². The van der Waals surface area contributed by atoms with Gasteiger partial charge in [-0.3, -0.25) is 4.57 Å². The Bertz CT molecular complexity index is 650. The third-order valence-electron chi connectivity index (χ3n) is 3.17. The van der Waals surface area contributed by atoms with E-state index in [2.05, 4.69) is 15.0 Å². The molecule has 0 bridgehead atoms. The minimum absolute atomic E-state index is 0.0670. The SMILES string of the molecule is Nc1nc(Cl)nc2c1ncn2[C@H]1OC[C@@H](O)[C@@H](O)[C@@H]1O. The van der Waals surface area contributed by atoms with Crippen LogP contribution in [0.1, 0.15) is 6.23 Å². The number of nitrogen functional groups attached to an aromatic ring is 1. The zero-order valence-electron chi connectivity index (χ0n) is 10.1. The fourth-order valence-electron chi connectivity index (χ4n) is 2.13. The Morgan fingerprint density at radius 3 is 2.80 bits per heavy atom. The average Bonchev–Trinajstić information content (AvgIpc) is 2.80. The van der Waals surface area contributed by atoms with Crippen molar-refractivity contribution in [2.75, 3.05) is 12.3 Å². The Morgan fingerprint density at radius 1 is 1.30 bits per heavy atom. The summed E-state index contributed by atoms with van der Waals surface area (Å²) in [4.78, 5) is 11.8. The van der Waals surface area contributed by atoms with Crippen LogP contribution in [0.25, 0.3) is 11.2 Å². The first-order valence-electron chi connectivity index (χ1n) is 5.80. The molecule has 20 heavy (non-hydrogen) atoms. The molecule has 108 valence electrons. The van der Waals surface area contributed by atoms with Gasteiger partial charge in [-0.1, -0.05) is 0 Å². The molecule has 2 aromatic rings. The van der Waals surface area contributed by atoms with Gasteiger partial charge < -0.3 is 25.8 Å². The number of aromatic nitrogens is 4. The number of aliphatic hydroxyl groups excluding tert-OH is 3. The lowest BCUT2D eigenvalue weighted by molar-refractivity contribution is -0.210. The number of nitrogens with zero attached hydrogens (tertiary/aromatic N) is 4. The topological polar surface area (TPSA) is 140 Å². The Labute approximate surface area is 117 Å². The van der Waals surface area contributed by atoms with Crippen LogP contribution in [0.3, 0.4) is 0 Å². The van der Waals surface area contributed by atoms with Crippen LogP contribution >= 0.6 is 11.6 Å². The maximum Gasteiger partial charge on any atom is 0.226 e. The van der Waals surface area contributed by atoms with Crippen LogP contribution in [0.5, 0.6) is 0 Å². The maximum atomic E-state index is 9.99. The van der Waals surface area contributed by atoms with Gasteiger partial charge in [-0.25, -0.2) is 4.98 Å². The van der Waals surface area contributed by atoms with Crippen LogP contribution in [0.15, 0.2) is 6.33 Å². The van der Waals surface area contributed by atoms with Crippen LogP contribution in [0.2, 0.25) is 5.28 Å².